The van der Waals surface area contributed by atoms with Gasteiger partial charge in [0, 0.05) is 0 Å². The van der Waals surface area contributed by atoms with E-state index in [9.17, 15) is 4.79 Å². The van der Waals surface area contributed by atoms with E-state index in [0.717, 1.165) is 12.0 Å². The smallest absolute Gasteiger partial charge is 0.258 e. The zero-order valence-corrected chi connectivity index (χ0v) is 14.2. The number of fused-ring (bicyclic) bond motifs is 1. The first kappa shape index (κ1) is 16.4. The fourth-order valence-corrected chi connectivity index (χ4v) is 3.11. The Bertz CT molecular complexity index is 727. The number of hydrogen-bond donors (Lipinski definition) is 1. The van der Waals surface area contributed by atoms with E-state index in [-0.39, 0.29) is 18.6 Å². The van der Waals surface area contributed by atoms with Crippen molar-refractivity contribution in [2.45, 2.75) is 32.2 Å². The highest BCUT2D eigenvalue weighted by Crippen LogP contribution is 2.26. The van der Waals surface area contributed by atoms with Gasteiger partial charge in [-0.05, 0) is 55.0 Å². The van der Waals surface area contributed by atoms with Gasteiger partial charge in [-0.3, -0.25) is 4.79 Å². The van der Waals surface area contributed by atoms with Crippen LogP contribution in [0.2, 0.25) is 0 Å². The van der Waals surface area contributed by atoms with Crippen molar-refractivity contribution >= 4 is 5.91 Å². The molecule has 0 saturated heterocycles. The Morgan fingerprint density at radius 2 is 1.88 bits per heavy atom. The Labute approximate surface area is 142 Å². The van der Waals surface area contributed by atoms with Crippen molar-refractivity contribution < 1.29 is 14.3 Å². The lowest BCUT2D eigenvalue weighted by Crippen LogP contribution is -2.31. The molecule has 0 fully saturated rings. The van der Waals surface area contributed by atoms with Gasteiger partial charge >= 0.3 is 0 Å². The Hall–Kier alpha value is -2.49. The summed E-state index contributed by atoms with van der Waals surface area (Å²) in [5, 5.41) is 2.99. The summed E-state index contributed by atoms with van der Waals surface area (Å²) < 4.78 is 10.8. The van der Waals surface area contributed by atoms with Crippen molar-refractivity contribution in [3.8, 4) is 11.5 Å². The molecule has 4 heteroatoms. The highest BCUT2D eigenvalue weighted by Gasteiger charge is 2.15. The third-order valence-corrected chi connectivity index (χ3v) is 4.43. The number of aryl methyl sites for hydroxylation is 2. The fourth-order valence-electron chi connectivity index (χ4n) is 3.11. The van der Waals surface area contributed by atoms with Crippen LogP contribution < -0.4 is 14.8 Å². The zero-order chi connectivity index (χ0) is 16.9. The molecule has 1 aliphatic carbocycles. The maximum absolute atomic E-state index is 12.2. The summed E-state index contributed by atoms with van der Waals surface area (Å²) in [6.07, 6.45) is 3.54. The molecule has 24 heavy (non-hydrogen) atoms. The minimum absolute atomic E-state index is 0.0321. The maximum atomic E-state index is 12.2. The van der Waals surface area contributed by atoms with E-state index in [2.05, 4.69) is 23.5 Å². The van der Waals surface area contributed by atoms with Crippen LogP contribution in [-0.4, -0.2) is 19.6 Å². The third kappa shape index (κ3) is 3.70. The van der Waals surface area contributed by atoms with Crippen molar-refractivity contribution in [3.63, 3.8) is 0 Å². The monoisotopic (exact) mass is 325 g/mol. The van der Waals surface area contributed by atoms with E-state index in [1.54, 1.807) is 19.2 Å². The molecule has 0 aliphatic heterocycles. The molecule has 0 bridgehead atoms. The summed E-state index contributed by atoms with van der Waals surface area (Å²) in [6, 6.07) is 13.8. The van der Waals surface area contributed by atoms with E-state index in [4.69, 9.17) is 9.47 Å². The molecule has 2 aromatic carbocycles. The number of benzene rings is 2. The van der Waals surface area contributed by atoms with E-state index in [1.165, 1.54) is 24.0 Å². The summed E-state index contributed by atoms with van der Waals surface area (Å²) in [5.41, 5.74) is 4.00. The van der Waals surface area contributed by atoms with Gasteiger partial charge in [0.15, 0.2) is 18.1 Å². The van der Waals surface area contributed by atoms with Gasteiger partial charge in [-0.2, -0.15) is 0 Å². The molecule has 0 heterocycles. The quantitative estimate of drug-likeness (QED) is 0.885. The van der Waals surface area contributed by atoms with Gasteiger partial charge < -0.3 is 14.8 Å². The predicted octanol–water partition coefficient (Wildman–Crippen LogP) is 3.44. The van der Waals surface area contributed by atoms with E-state index < -0.39 is 0 Å². The van der Waals surface area contributed by atoms with Crippen molar-refractivity contribution in [1.82, 2.24) is 5.32 Å². The summed E-state index contributed by atoms with van der Waals surface area (Å²) in [6.45, 7) is 1.97. The van der Waals surface area contributed by atoms with Crippen LogP contribution in [0.25, 0.3) is 0 Å². The summed E-state index contributed by atoms with van der Waals surface area (Å²) >= 11 is 0. The number of para-hydroxylation sites is 2. The van der Waals surface area contributed by atoms with E-state index >= 15 is 0 Å². The van der Waals surface area contributed by atoms with Gasteiger partial charge in [0.05, 0.1) is 13.2 Å². The molecule has 1 amide bonds. The lowest BCUT2D eigenvalue weighted by molar-refractivity contribution is -0.123. The first-order chi connectivity index (χ1) is 11.7. The number of amides is 1. The molecule has 0 spiro atoms. The van der Waals surface area contributed by atoms with Crippen molar-refractivity contribution in [2.24, 2.45) is 0 Å². The number of carbonyl (C=O) groups is 1. The minimum Gasteiger partial charge on any atom is -0.493 e. The SMILES string of the molecule is COc1ccccc1OCC(=O)NC(C)c1ccc2c(c1)CCC2. The molecule has 126 valence electrons. The zero-order valence-electron chi connectivity index (χ0n) is 14.2. The first-order valence-corrected chi connectivity index (χ1v) is 8.34. The standard InChI is InChI=1S/C20H23NO3/c1-14(16-11-10-15-6-5-7-17(15)12-16)21-20(22)13-24-19-9-4-3-8-18(19)23-2/h3-4,8-12,14H,5-7,13H2,1-2H3,(H,21,22). The molecule has 1 aliphatic rings. The molecule has 3 rings (SSSR count). The molecule has 1 atom stereocenters. The average Bonchev–Trinajstić information content (AvgIpc) is 3.07. The lowest BCUT2D eigenvalue weighted by atomic mass is 10.0. The van der Waals surface area contributed by atoms with Crippen molar-refractivity contribution in [3.05, 3.63) is 59.2 Å². The van der Waals surface area contributed by atoms with Crippen LogP contribution in [0.3, 0.4) is 0 Å². The van der Waals surface area contributed by atoms with Gasteiger partial charge in [-0.25, -0.2) is 0 Å². The summed E-state index contributed by atoms with van der Waals surface area (Å²) in [4.78, 5) is 12.2. The number of carbonyl (C=O) groups excluding carboxylic acids is 1. The van der Waals surface area contributed by atoms with Crippen molar-refractivity contribution in [1.29, 1.82) is 0 Å². The number of nitrogens with one attached hydrogen (secondary N) is 1. The van der Waals surface area contributed by atoms with Gasteiger partial charge in [0.25, 0.3) is 5.91 Å². The summed E-state index contributed by atoms with van der Waals surface area (Å²) in [7, 11) is 1.58. The fraction of sp³-hybridized carbons (Fsp3) is 0.350. The molecule has 1 N–H and O–H groups in total. The van der Waals surface area contributed by atoms with Crippen molar-refractivity contribution in [2.75, 3.05) is 13.7 Å². The number of hydrogen-bond acceptors (Lipinski definition) is 3. The number of ether oxygens (including phenoxy) is 2. The minimum atomic E-state index is -0.145. The molecular formula is C20H23NO3. The second-order valence-electron chi connectivity index (χ2n) is 6.11. The number of rotatable bonds is 6. The van der Waals surface area contributed by atoms with Gasteiger partial charge in [-0.15, -0.1) is 0 Å². The van der Waals surface area contributed by atoms with Crippen LogP contribution in [0.4, 0.5) is 0 Å². The predicted molar refractivity (Wildman–Crippen MR) is 93.5 cm³/mol. The van der Waals surface area contributed by atoms with Crippen LogP contribution in [-0.2, 0) is 17.6 Å². The van der Waals surface area contributed by atoms with Crippen LogP contribution in [0.15, 0.2) is 42.5 Å². The Balaban J connectivity index is 1.56. The molecule has 4 nitrogen and oxygen atoms in total. The number of methoxy groups -OCH3 is 1. The van der Waals surface area contributed by atoms with Crippen LogP contribution in [0.1, 0.15) is 36.1 Å². The molecule has 0 aromatic heterocycles. The van der Waals surface area contributed by atoms with Gasteiger partial charge in [-0.1, -0.05) is 30.3 Å². The largest absolute Gasteiger partial charge is 0.493 e. The molecule has 0 radical (unpaired) electrons. The third-order valence-electron chi connectivity index (χ3n) is 4.43. The van der Waals surface area contributed by atoms with Crippen LogP contribution in [0.5, 0.6) is 11.5 Å². The highest BCUT2D eigenvalue weighted by molar-refractivity contribution is 5.78. The normalized spacial score (nSPS) is 13.9. The van der Waals surface area contributed by atoms with Gasteiger partial charge in [0.1, 0.15) is 0 Å². The Morgan fingerprint density at radius 1 is 1.12 bits per heavy atom. The van der Waals surface area contributed by atoms with E-state index in [1.807, 2.05) is 19.1 Å². The highest BCUT2D eigenvalue weighted by atomic mass is 16.5. The molecule has 2 aromatic rings. The topological polar surface area (TPSA) is 47.6 Å². The van der Waals surface area contributed by atoms with Gasteiger partial charge in [0.2, 0.25) is 0 Å². The molecular weight excluding hydrogens is 302 g/mol. The second-order valence-corrected chi connectivity index (χ2v) is 6.11. The second kappa shape index (κ2) is 7.39. The summed E-state index contributed by atoms with van der Waals surface area (Å²) in [5.74, 6) is 1.05. The Kier molecular flexibility index (Phi) is 5.04. The van der Waals surface area contributed by atoms with Crippen LogP contribution in [0, 0.1) is 0 Å². The molecule has 1 unspecified atom stereocenters. The lowest BCUT2D eigenvalue weighted by Gasteiger charge is -2.16. The van der Waals surface area contributed by atoms with E-state index in [0.29, 0.717) is 11.5 Å². The molecule has 0 saturated carbocycles. The maximum Gasteiger partial charge on any atom is 0.258 e. The Morgan fingerprint density at radius 3 is 2.67 bits per heavy atom. The van der Waals surface area contributed by atoms with Crippen LogP contribution >= 0.6 is 0 Å². The first-order valence-electron chi connectivity index (χ1n) is 8.34. The average molecular weight is 325 g/mol.